The van der Waals surface area contributed by atoms with Gasteiger partial charge in [-0.2, -0.15) is 18.4 Å². The lowest BCUT2D eigenvalue weighted by Gasteiger charge is -2.36. The van der Waals surface area contributed by atoms with Crippen molar-refractivity contribution in [3.05, 3.63) is 135 Å². The number of aromatic nitrogens is 5. The fourth-order valence-corrected chi connectivity index (χ4v) is 9.87. The van der Waals surface area contributed by atoms with E-state index in [1.807, 2.05) is 36.2 Å². The van der Waals surface area contributed by atoms with Crippen molar-refractivity contribution >= 4 is 74.8 Å². The summed E-state index contributed by atoms with van der Waals surface area (Å²) in [6, 6.07) is 15.4. The molecule has 73 heavy (non-hydrogen) atoms. The summed E-state index contributed by atoms with van der Waals surface area (Å²) < 4.78 is 57.0. The van der Waals surface area contributed by atoms with Gasteiger partial charge >= 0.3 is 6.18 Å². The first-order valence-electron chi connectivity index (χ1n) is 23.6. The van der Waals surface area contributed by atoms with E-state index in [-0.39, 0.29) is 45.1 Å². The molecule has 9 rings (SSSR count). The zero-order chi connectivity index (χ0) is 51.8. The summed E-state index contributed by atoms with van der Waals surface area (Å²) in [4.78, 5) is 81.9. The number of amides is 3. The van der Waals surface area contributed by atoms with Gasteiger partial charge in [0, 0.05) is 69.8 Å². The number of nitriles is 1. The summed E-state index contributed by atoms with van der Waals surface area (Å²) >= 11 is 5.55. The number of benzene rings is 2. The van der Waals surface area contributed by atoms with Crippen molar-refractivity contribution in [3.63, 3.8) is 0 Å². The highest BCUT2D eigenvalue weighted by molar-refractivity contribution is 7.81. The standard InChI is InChI=1S/C51H49F4N13O4S/c1-4-32-20-42-43(63-44(32)69)19-31(25-57-42)29-64-15-17-65(18-16-64)37-8-10-41(58-28-37)46(71)59-24-30-11-13-66(14-12-30)48-60-26-34(27-61-48)62-45(70)38-9-7-36(22-40(38)52)68-49(73)67(47(72)50(68,2)3)35-6-5-33(23-56)39(21-35)51(53,54)55/h5-10,19-22,25-28,30H,4,11-18,24,29H2,1-3H3,(H,59,71)(H,62,70)(H,63,69). The van der Waals surface area contributed by atoms with Crippen LogP contribution in [0.2, 0.25) is 0 Å². The fourth-order valence-electron chi connectivity index (χ4n) is 9.34. The Morgan fingerprint density at radius 3 is 2.22 bits per heavy atom. The summed E-state index contributed by atoms with van der Waals surface area (Å²) in [6.07, 6.45) is 3.74. The van der Waals surface area contributed by atoms with Crippen LogP contribution in [-0.2, 0) is 23.9 Å². The summed E-state index contributed by atoms with van der Waals surface area (Å²) in [6.45, 7) is 10.6. The minimum absolute atomic E-state index is 0.0755. The predicted octanol–water partition coefficient (Wildman–Crippen LogP) is 6.84. The molecule has 2 aromatic carbocycles. The van der Waals surface area contributed by atoms with Crippen molar-refractivity contribution in [1.82, 2.24) is 35.1 Å². The van der Waals surface area contributed by atoms with Crippen molar-refractivity contribution in [1.29, 1.82) is 5.26 Å². The Morgan fingerprint density at radius 2 is 1.56 bits per heavy atom. The SMILES string of the molecule is CCc1cc2ncc(CN3CCN(c4ccc(C(=O)NCC5CCN(c6ncc(NC(=O)c7ccc(N8C(=S)N(c9ccc(C#N)c(C(F)(F)F)c9)C(=O)C8(C)C)cc7F)cn6)CC5)nc4)CC3)cc2[nH]c1=O. The maximum absolute atomic E-state index is 15.7. The van der Waals surface area contributed by atoms with Crippen molar-refractivity contribution < 1.29 is 31.9 Å². The molecule has 0 saturated carbocycles. The summed E-state index contributed by atoms with van der Waals surface area (Å²) in [5, 5.41) is 14.6. The number of aromatic amines is 1. The second kappa shape index (κ2) is 20.3. The third-order valence-electron chi connectivity index (χ3n) is 13.5. The minimum atomic E-state index is -4.88. The molecule has 0 spiro atoms. The Balaban J connectivity index is 0.721. The number of carbonyl (C=O) groups excluding carboxylic acids is 3. The normalized spacial score (nSPS) is 16.5. The van der Waals surface area contributed by atoms with E-state index in [2.05, 4.69) is 45.4 Å². The number of piperidine rings is 1. The van der Waals surface area contributed by atoms with Crippen LogP contribution >= 0.6 is 12.2 Å². The van der Waals surface area contributed by atoms with Gasteiger partial charge < -0.3 is 30.3 Å². The van der Waals surface area contributed by atoms with E-state index in [1.165, 1.54) is 55.4 Å². The first kappa shape index (κ1) is 50.1. The van der Waals surface area contributed by atoms with Crippen LogP contribution in [0.4, 0.5) is 46.3 Å². The number of anilines is 5. The van der Waals surface area contributed by atoms with E-state index in [9.17, 15) is 37.6 Å². The summed E-state index contributed by atoms with van der Waals surface area (Å²) in [7, 11) is 0. The van der Waals surface area contributed by atoms with Gasteiger partial charge in [-0.3, -0.25) is 34.0 Å². The van der Waals surface area contributed by atoms with Crippen LogP contribution in [0.15, 0.2) is 90.2 Å². The van der Waals surface area contributed by atoms with Gasteiger partial charge in [0.15, 0.2) is 5.11 Å². The fraction of sp³-hybridized carbons (Fsp3) is 0.333. The lowest BCUT2D eigenvalue weighted by molar-refractivity contribution is -0.137. The van der Waals surface area contributed by atoms with E-state index >= 15 is 4.39 Å². The first-order chi connectivity index (χ1) is 34.9. The molecule has 3 saturated heterocycles. The van der Waals surface area contributed by atoms with Gasteiger partial charge in [0.05, 0.1) is 69.4 Å². The molecular formula is C51H49F4N13O4S. The Hall–Kier alpha value is -7.90. The quantitative estimate of drug-likeness (QED) is 0.0851. The Morgan fingerprint density at radius 1 is 0.849 bits per heavy atom. The minimum Gasteiger partial charge on any atom is -0.368 e. The highest BCUT2D eigenvalue weighted by atomic mass is 32.1. The maximum atomic E-state index is 15.7. The number of hydrogen-bond donors (Lipinski definition) is 3. The number of aryl methyl sites for hydroxylation is 1. The molecule has 7 heterocycles. The number of H-pyrrole nitrogens is 1. The molecule has 22 heteroatoms. The topological polar surface area (TPSA) is 200 Å². The van der Waals surface area contributed by atoms with Gasteiger partial charge in [0.2, 0.25) is 5.95 Å². The average molecular weight is 1020 g/mol. The number of nitrogens with one attached hydrogen (secondary N) is 3. The predicted molar refractivity (Wildman–Crippen MR) is 270 cm³/mol. The van der Waals surface area contributed by atoms with E-state index in [1.54, 1.807) is 12.3 Å². The van der Waals surface area contributed by atoms with E-state index in [0.29, 0.717) is 43.8 Å². The first-order valence-corrected chi connectivity index (χ1v) is 24.0. The number of pyridine rings is 3. The van der Waals surface area contributed by atoms with Crippen LogP contribution in [0.1, 0.15) is 76.7 Å². The van der Waals surface area contributed by atoms with Crippen LogP contribution < -0.4 is 35.8 Å². The second-order valence-electron chi connectivity index (χ2n) is 18.6. The van der Waals surface area contributed by atoms with Crippen LogP contribution in [0.25, 0.3) is 11.0 Å². The summed E-state index contributed by atoms with van der Waals surface area (Å²) in [5.41, 5.74) is 0.888. The molecule has 3 amide bonds. The highest BCUT2D eigenvalue weighted by Crippen LogP contribution is 2.40. The number of carbonyl (C=O) groups is 3. The maximum Gasteiger partial charge on any atom is 0.417 e. The van der Waals surface area contributed by atoms with Gasteiger partial charge in [-0.05, 0) is 117 Å². The number of rotatable bonds is 12. The zero-order valence-corrected chi connectivity index (χ0v) is 40.8. The monoisotopic (exact) mass is 1020 g/mol. The summed E-state index contributed by atoms with van der Waals surface area (Å²) in [5.74, 6) is -2.03. The van der Waals surface area contributed by atoms with E-state index in [0.717, 1.165) is 90.4 Å². The smallest absolute Gasteiger partial charge is 0.368 e. The Kier molecular flexibility index (Phi) is 13.9. The third-order valence-corrected chi connectivity index (χ3v) is 13.9. The number of piperazine rings is 1. The third kappa shape index (κ3) is 10.4. The average Bonchev–Trinajstić information content (AvgIpc) is 3.56. The molecule has 0 aliphatic carbocycles. The molecule has 0 bridgehead atoms. The van der Waals surface area contributed by atoms with Gasteiger partial charge in [0.25, 0.3) is 23.3 Å². The molecule has 4 aromatic heterocycles. The lowest BCUT2D eigenvalue weighted by atomic mass is 9.97. The Bertz CT molecular complexity index is 3220. The van der Waals surface area contributed by atoms with Crippen LogP contribution in [0.5, 0.6) is 0 Å². The van der Waals surface area contributed by atoms with Gasteiger partial charge in [-0.25, -0.2) is 19.3 Å². The number of nitrogens with zero attached hydrogens (tertiary/aromatic N) is 10. The van der Waals surface area contributed by atoms with Crippen molar-refractivity contribution in [3.8, 4) is 6.07 Å². The van der Waals surface area contributed by atoms with Gasteiger partial charge in [0.1, 0.15) is 17.1 Å². The van der Waals surface area contributed by atoms with Crippen LogP contribution in [0, 0.1) is 23.1 Å². The van der Waals surface area contributed by atoms with Crippen molar-refractivity contribution in [2.45, 2.75) is 58.3 Å². The molecule has 0 atom stereocenters. The molecular weight excluding hydrogens is 967 g/mol. The van der Waals surface area contributed by atoms with Gasteiger partial charge in [-0.1, -0.05) is 6.92 Å². The number of fused-ring (bicyclic) bond motifs is 1. The van der Waals surface area contributed by atoms with E-state index < -0.39 is 40.5 Å². The number of halogens is 4. The number of hydrogen-bond acceptors (Lipinski definition) is 13. The molecule has 3 N–H and O–H groups in total. The van der Waals surface area contributed by atoms with Crippen molar-refractivity contribution in [2.75, 3.05) is 70.7 Å². The highest BCUT2D eigenvalue weighted by Gasteiger charge is 2.51. The Labute approximate surface area is 421 Å². The van der Waals surface area contributed by atoms with Crippen molar-refractivity contribution in [2.24, 2.45) is 5.92 Å². The molecule has 376 valence electrons. The number of thiocarbonyl (C=S) groups is 1. The van der Waals surface area contributed by atoms with Crippen LogP contribution in [0.3, 0.4) is 0 Å². The van der Waals surface area contributed by atoms with Gasteiger partial charge in [-0.15, -0.1) is 0 Å². The largest absolute Gasteiger partial charge is 0.417 e. The van der Waals surface area contributed by atoms with Crippen LogP contribution in [-0.4, -0.2) is 104 Å². The molecule has 6 aromatic rings. The molecule has 0 unspecified atom stereocenters. The zero-order valence-electron chi connectivity index (χ0n) is 40.0. The molecule has 17 nitrogen and oxygen atoms in total. The molecule has 0 radical (unpaired) electrons. The lowest BCUT2D eigenvalue weighted by Crippen LogP contribution is -2.46. The van der Waals surface area contributed by atoms with E-state index in [4.69, 9.17) is 12.2 Å². The molecule has 3 aliphatic heterocycles. The number of alkyl halides is 3. The molecule has 3 fully saturated rings. The second-order valence-corrected chi connectivity index (χ2v) is 19.0. The molecule has 3 aliphatic rings.